The predicted molar refractivity (Wildman–Crippen MR) is 167 cm³/mol. The molecule has 4 rings (SSSR count). The molecule has 0 radical (unpaired) electrons. The molecule has 228 valence electrons. The molecule has 45 heavy (non-hydrogen) atoms. The van der Waals surface area contributed by atoms with Gasteiger partial charge in [0.2, 0.25) is 0 Å². The number of benzene rings is 3. The Kier molecular flexibility index (Phi) is 9.91. The number of hydrogen-bond donors (Lipinski definition) is 0. The first-order valence-corrected chi connectivity index (χ1v) is 14.1. The topological polar surface area (TPSA) is 176 Å². The van der Waals surface area contributed by atoms with Crippen LogP contribution in [0.3, 0.4) is 0 Å². The molecular weight excluding hydrogens is 600 g/mol. The van der Waals surface area contributed by atoms with E-state index in [1.54, 1.807) is 54.4 Å². The summed E-state index contributed by atoms with van der Waals surface area (Å²) >= 11 is 5.95. The van der Waals surface area contributed by atoms with Crippen LogP contribution in [-0.2, 0) is 0 Å². The highest BCUT2D eigenvalue weighted by Crippen LogP contribution is 2.45. The quantitative estimate of drug-likeness (QED) is 0.0879. The highest BCUT2D eigenvalue weighted by molar-refractivity contribution is 6.30. The van der Waals surface area contributed by atoms with Crippen molar-refractivity contribution < 1.29 is 19.4 Å². The summed E-state index contributed by atoms with van der Waals surface area (Å²) in [6.45, 7) is 1.87. The number of pyridine rings is 1. The van der Waals surface area contributed by atoms with Crippen molar-refractivity contribution in [2.75, 3.05) is 19.1 Å². The molecule has 0 spiro atoms. The summed E-state index contributed by atoms with van der Waals surface area (Å²) in [6.07, 6.45) is 1.72. The molecule has 0 bridgehead atoms. The summed E-state index contributed by atoms with van der Waals surface area (Å²) in [5, 5.41) is 44.1. The Balaban J connectivity index is 1.81. The Hall–Kier alpha value is -5.59. The predicted octanol–water partition coefficient (Wildman–Crippen LogP) is 7.32. The van der Waals surface area contributed by atoms with Crippen molar-refractivity contribution in [3.05, 3.63) is 109 Å². The Labute approximate surface area is 263 Å². The average molecular weight is 627 g/mol. The second kappa shape index (κ2) is 13.8. The number of nitriles is 2. The number of fused-ring (bicyclic) bond motifs is 1. The number of ether oxygens (including phenoxy) is 1. The van der Waals surface area contributed by atoms with E-state index in [9.17, 15) is 35.5 Å². The molecule has 12 nitrogen and oxygen atoms in total. The van der Waals surface area contributed by atoms with Crippen LogP contribution in [-0.4, -0.2) is 34.8 Å². The lowest BCUT2D eigenvalue weighted by molar-refractivity contribution is -0.392. The van der Waals surface area contributed by atoms with Gasteiger partial charge in [0.15, 0.2) is 5.78 Å². The summed E-state index contributed by atoms with van der Waals surface area (Å²) < 4.78 is 5.74. The molecule has 0 N–H and O–H groups in total. The molecule has 2 atom stereocenters. The van der Waals surface area contributed by atoms with Gasteiger partial charge in [0, 0.05) is 41.7 Å². The number of aromatic nitrogens is 1. The number of nitro benzene ring substituents is 2. The van der Waals surface area contributed by atoms with Gasteiger partial charge >= 0.3 is 5.69 Å². The number of nitrogens with zero attached hydrogens (tertiary/aromatic N) is 6. The summed E-state index contributed by atoms with van der Waals surface area (Å²) in [7, 11) is 3.08. The van der Waals surface area contributed by atoms with Crippen LogP contribution in [0.15, 0.2) is 66.9 Å². The molecule has 0 aliphatic carbocycles. The normalized spacial score (nSPS) is 12.2. The summed E-state index contributed by atoms with van der Waals surface area (Å²) in [4.78, 5) is 41.7. The molecular formula is C32H27ClN6O6. The summed E-state index contributed by atoms with van der Waals surface area (Å²) in [6, 6.07) is 18.8. The summed E-state index contributed by atoms with van der Waals surface area (Å²) in [5.74, 6) is -1.83. The van der Waals surface area contributed by atoms with Crippen LogP contribution >= 0.6 is 11.6 Å². The maximum absolute atomic E-state index is 13.2. The van der Waals surface area contributed by atoms with E-state index in [0.29, 0.717) is 33.9 Å². The SMILES string of the molecule is CCC(c1ccc(C(CC(=O)c2ccc(Cl)cc2)C(C#N)C#N)cc1OC)N(C)c1c([N+](=O)[O-])cc([N+](=O)[O-])c2cccnc12. The van der Waals surface area contributed by atoms with Crippen LogP contribution in [0.5, 0.6) is 5.75 Å². The third-order valence-corrected chi connectivity index (χ3v) is 7.97. The third-order valence-electron chi connectivity index (χ3n) is 7.72. The van der Waals surface area contributed by atoms with E-state index in [4.69, 9.17) is 16.3 Å². The molecule has 4 aromatic rings. The third kappa shape index (κ3) is 6.51. The fourth-order valence-electron chi connectivity index (χ4n) is 5.52. The van der Waals surface area contributed by atoms with E-state index in [0.717, 1.165) is 6.07 Å². The number of methoxy groups -OCH3 is 1. The molecule has 0 amide bonds. The first kappa shape index (κ1) is 32.3. The van der Waals surface area contributed by atoms with E-state index >= 15 is 0 Å². The highest BCUT2D eigenvalue weighted by Gasteiger charge is 2.33. The molecule has 1 aromatic heterocycles. The number of ketones is 1. The van der Waals surface area contributed by atoms with Crippen LogP contribution in [0.1, 0.15) is 53.2 Å². The second-order valence-electron chi connectivity index (χ2n) is 10.2. The molecule has 0 aliphatic rings. The molecule has 13 heteroatoms. The van der Waals surface area contributed by atoms with E-state index in [1.807, 2.05) is 19.1 Å². The summed E-state index contributed by atoms with van der Waals surface area (Å²) in [5.41, 5.74) is 0.826. The fraction of sp³-hybridized carbons (Fsp3) is 0.250. The number of carbonyl (C=O) groups is 1. The average Bonchev–Trinajstić information content (AvgIpc) is 3.04. The van der Waals surface area contributed by atoms with E-state index < -0.39 is 39.1 Å². The van der Waals surface area contributed by atoms with Crippen molar-refractivity contribution in [1.29, 1.82) is 10.5 Å². The largest absolute Gasteiger partial charge is 0.496 e. The van der Waals surface area contributed by atoms with Gasteiger partial charge in [-0.15, -0.1) is 0 Å². The second-order valence-corrected chi connectivity index (χ2v) is 10.6. The van der Waals surface area contributed by atoms with Gasteiger partial charge in [0.25, 0.3) is 5.69 Å². The van der Waals surface area contributed by atoms with Gasteiger partial charge in [-0.1, -0.05) is 30.7 Å². The first-order chi connectivity index (χ1) is 21.6. The van der Waals surface area contributed by atoms with Crippen molar-refractivity contribution >= 4 is 45.3 Å². The van der Waals surface area contributed by atoms with Crippen molar-refractivity contribution in [2.45, 2.75) is 31.7 Å². The fourth-order valence-corrected chi connectivity index (χ4v) is 5.64. The smallest absolute Gasteiger partial charge is 0.301 e. The number of anilines is 1. The standard InChI is InChI=1S/C32H27ClN6O6/c1-4-26(37(2)32-28(39(43)44)16-27(38(41)42)24-6-5-13-36-31(24)32)23-12-9-20(14-30(23)45-3)25(21(17-34)18-35)15-29(40)19-7-10-22(33)11-8-19/h5-14,16,21,25-26H,4,15H2,1-3H3. The first-order valence-electron chi connectivity index (χ1n) is 13.7. The van der Waals surface area contributed by atoms with E-state index in [1.165, 1.54) is 25.4 Å². The zero-order chi connectivity index (χ0) is 32.8. The van der Waals surface area contributed by atoms with Crippen LogP contribution < -0.4 is 9.64 Å². The van der Waals surface area contributed by atoms with Crippen LogP contribution in [0.4, 0.5) is 17.1 Å². The number of rotatable bonds is 12. The molecule has 0 fully saturated rings. The zero-order valence-corrected chi connectivity index (χ0v) is 25.3. The van der Waals surface area contributed by atoms with Gasteiger partial charge in [-0.2, -0.15) is 10.5 Å². The molecule has 0 saturated carbocycles. The maximum atomic E-state index is 13.2. The minimum atomic E-state index is -1.14. The van der Waals surface area contributed by atoms with Crippen molar-refractivity contribution in [2.24, 2.45) is 5.92 Å². The van der Waals surface area contributed by atoms with Gasteiger partial charge in [-0.05, 0) is 54.4 Å². The molecule has 0 saturated heterocycles. The van der Waals surface area contributed by atoms with Crippen molar-refractivity contribution in [3.8, 4) is 17.9 Å². The van der Waals surface area contributed by atoms with E-state index in [-0.39, 0.29) is 28.8 Å². The molecule has 2 unspecified atom stereocenters. The Morgan fingerprint density at radius 2 is 1.71 bits per heavy atom. The van der Waals surface area contributed by atoms with Crippen molar-refractivity contribution in [1.82, 2.24) is 4.98 Å². The minimum Gasteiger partial charge on any atom is -0.496 e. The van der Waals surface area contributed by atoms with E-state index in [2.05, 4.69) is 4.98 Å². The zero-order valence-electron chi connectivity index (χ0n) is 24.5. The number of non-ortho nitro benzene ring substituents is 1. The number of hydrogen-bond acceptors (Lipinski definition) is 10. The molecule has 3 aromatic carbocycles. The number of nitro groups is 2. The van der Waals surface area contributed by atoms with Gasteiger partial charge in [0.05, 0.1) is 46.6 Å². The number of halogens is 1. The lowest BCUT2D eigenvalue weighted by Gasteiger charge is -2.31. The number of Topliss-reactive ketones (excluding diaryl/α,β-unsaturated/α-hetero) is 1. The minimum absolute atomic E-state index is 0.0969. The lowest BCUT2D eigenvalue weighted by atomic mass is 9.82. The van der Waals surface area contributed by atoms with Crippen LogP contribution in [0.2, 0.25) is 5.02 Å². The van der Waals surface area contributed by atoms with Gasteiger partial charge in [0.1, 0.15) is 22.9 Å². The highest BCUT2D eigenvalue weighted by atomic mass is 35.5. The number of carbonyl (C=O) groups excluding carboxylic acids is 1. The maximum Gasteiger partial charge on any atom is 0.301 e. The van der Waals surface area contributed by atoms with Crippen LogP contribution in [0.25, 0.3) is 10.9 Å². The Bertz CT molecular complexity index is 1850. The Morgan fingerprint density at radius 1 is 1.04 bits per heavy atom. The van der Waals surface area contributed by atoms with Crippen LogP contribution in [0, 0.1) is 48.8 Å². The Morgan fingerprint density at radius 3 is 2.29 bits per heavy atom. The van der Waals surface area contributed by atoms with Gasteiger partial charge in [-0.3, -0.25) is 30.0 Å². The van der Waals surface area contributed by atoms with Crippen molar-refractivity contribution in [3.63, 3.8) is 0 Å². The molecule has 1 heterocycles. The van der Waals surface area contributed by atoms with Gasteiger partial charge < -0.3 is 9.64 Å². The lowest BCUT2D eigenvalue weighted by Crippen LogP contribution is -2.26. The van der Waals surface area contributed by atoms with Gasteiger partial charge in [-0.25, -0.2) is 0 Å². The molecule has 0 aliphatic heterocycles. The monoisotopic (exact) mass is 626 g/mol.